The molecule has 1 aromatic carbocycles. The van der Waals surface area contributed by atoms with Crippen LogP contribution in [0.5, 0.6) is 0 Å². The van der Waals surface area contributed by atoms with Crippen LogP contribution in [0.25, 0.3) is 0 Å². The van der Waals surface area contributed by atoms with Gasteiger partial charge in [-0.05, 0) is 44.4 Å². The summed E-state index contributed by atoms with van der Waals surface area (Å²) in [7, 11) is 0. The van der Waals surface area contributed by atoms with Crippen molar-refractivity contribution < 1.29 is 0 Å². The van der Waals surface area contributed by atoms with Crippen molar-refractivity contribution in [2.75, 3.05) is 11.4 Å². The van der Waals surface area contributed by atoms with Crippen LogP contribution in [0.3, 0.4) is 0 Å². The summed E-state index contributed by atoms with van der Waals surface area (Å²) in [5, 5.41) is 0.791. The van der Waals surface area contributed by atoms with Gasteiger partial charge in [0, 0.05) is 29.3 Å². The average Bonchev–Trinajstić information content (AvgIpc) is 2.83. The van der Waals surface area contributed by atoms with Crippen LogP contribution in [-0.2, 0) is 0 Å². The quantitative estimate of drug-likeness (QED) is 0.888. The van der Waals surface area contributed by atoms with Gasteiger partial charge < -0.3 is 10.6 Å². The predicted octanol–water partition coefficient (Wildman–Crippen LogP) is 4.13. The molecule has 100 valence electrons. The molecule has 0 bridgehead atoms. The molecule has 0 aromatic heterocycles. The maximum atomic E-state index is 6.33. The zero-order chi connectivity index (χ0) is 13.1. The van der Waals surface area contributed by atoms with Gasteiger partial charge in [0.15, 0.2) is 0 Å². The Morgan fingerprint density at radius 2 is 2.06 bits per heavy atom. The number of anilines is 1. The van der Waals surface area contributed by atoms with Gasteiger partial charge in [0.05, 0.1) is 0 Å². The van der Waals surface area contributed by atoms with Gasteiger partial charge in [0.1, 0.15) is 0 Å². The number of benzene rings is 1. The molecular weight excluding hydrogens is 244 g/mol. The Kier molecular flexibility index (Phi) is 4.52. The fourth-order valence-corrected chi connectivity index (χ4v) is 3.28. The summed E-state index contributed by atoms with van der Waals surface area (Å²) >= 11 is 6.33. The summed E-state index contributed by atoms with van der Waals surface area (Å²) in [6.45, 7) is 5.22. The molecule has 1 saturated carbocycles. The largest absolute Gasteiger partial charge is 0.369 e. The first-order valence-electron chi connectivity index (χ1n) is 6.95. The van der Waals surface area contributed by atoms with Crippen LogP contribution in [0.1, 0.15) is 51.1 Å². The number of nitrogens with two attached hydrogens (primary N) is 1. The summed E-state index contributed by atoms with van der Waals surface area (Å²) in [5.74, 6) is 0. The lowest BCUT2D eigenvalue weighted by Gasteiger charge is -2.30. The third kappa shape index (κ3) is 2.81. The van der Waals surface area contributed by atoms with Crippen molar-refractivity contribution in [3.63, 3.8) is 0 Å². The minimum Gasteiger partial charge on any atom is -0.369 e. The van der Waals surface area contributed by atoms with E-state index in [1.807, 2.05) is 6.92 Å². The molecule has 1 atom stereocenters. The molecule has 0 spiro atoms. The van der Waals surface area contributed by atoms with Crippen molar-refractivity contribution in [2.45, 2.75) is 51.6 Å². The Bertz CT molecular complexity index is 397. The van der Waals surface area contributed by atoms with Gasteiger partial charge in [0.2, 0.25) is 0 Å². The first-order chi connectivity index (χ1) is 8.63. The van der Waals surface area contributed by atoms with Crippen molar-refractivity contribution in [2.24, 2.45) is 5.73 Å². The average molecular weight is 267 g/mol. The minimum atomic E-state index is -0.00638. The maximum Gasteiger partial charge on any atom is 0.0474 e. The number of hydrogen-bond acceptors (Lipinski definition) is 2. The Morgan fingerprint density at radius 3 is 2.56 bits per heavy atom. The molecular formula is C15H23ClN2. The van der Waals surface area contributed by atoms with E-state index in [1.54, 1.807) is 0 Å². The molecule has 0 aliphatic heterocycles. The van der Waals surface area contributed by atoms with Crippen LogP contribution in [0.15, 0.2) is 18.2 Å². The van der Waals surface area contributed by atoms with E-state index in [4.69, 9.17) is 17.3 Å². The SMILES string of the molecule is CCN(c1ccc(C(C)N)c(Cl)c1)C1CCCC1. The fraction of sp³-hybridized carbons (Fsp3) is 0.600. The highest BCUT2D eigenvalue weighted by atomic mass is 35.5. The van der Waals surface area contributed by atoms with Crippen LogP contribution in [0.2, 0.25) is 5.02 Å². The van der Waals surface area contributed by atoms with Gasteiger partial charge in [-0.25, -0.2) is 0 Å². The topological polar surface area (TPSA) is 29.3 Å². The highest BCUT2D eigenvalue weighted by molar-refractivity contribution is 6.31. The second-order valence-corrected chi connectivity index (χ2v) is 5.63. The molecule has 1 unspecified atom stereocenters. The number of rotatable bonds is 4. The van der Waals surface area contributed by atoms with Gasteiger partial charge in [-0.2, -0.15) is 0 Å². The second kappa shape index (κ2) is 5.94. The van der Waals surface area contributed by atoms with Gasteiger partial charge in [-0.3, -0.25) is 0 Å². The van der Waals surface area contributed by atoms with Crippen LogP contribution < -0.4 is 10.6 Å². The zero-order valence-corrected chi connectivity index (χ0v) is 12.1. The summed E-state index contributed by atoms with van der Waals surface area (Å²) in [6, 6.07) is 6.98. The molecule has 2 rings (SSSR count). The smallest absolute Gasteiger partial charge is 0.0474 e. The van der Waals surface area contributed by atoms with Gasteiger partial charge in [0.25, 0.3) is 0 Å². The second-order valence-electron chi connectivity index (χ2n) is 5.22. The molecule has 0 heterocycles. The first-order valence-corrected chi connectivity index (χ1v) is 7.33. The molecule has 1 aliphatic rings. The molecule has 0 radical (unpaired) electrons. The normalized spacial score (nSPS) is 18.0. The Labute approximate surface area is 115 Å². The molecule has 1 aromatic rings. The highest BCUT2D eigenvalue weighted by Crippen LogP contribution is 2.31. The summed E-state index contributed by atoms with van der Waals surface area (Å²) in [6.07, 6.45) is 5.32. The van der Waals surface area contributed by atoms with Crippen LogP contribution in [-0.4, -0.2) is 12.6 Å². The summed E-state index contributed by atoms with van der Waals surface area (Å²) in [4.78, 5) is 2.48. The van der Waals surface area contributed by atoms with E-state index in [9.17, 15) is 0 Å². The summed E-state index contributed by atoms with van der Waals surface area (Å²) in [5.41, 5.74) is 8.16. The maximum absolute atomic E-state index is 6.33. The third-order valence-electron chi connectivity index (χ3n) is 3.91. The zero-order valence-electron chi connectivity index (χ0n) is 11.3. The Hall–Kier alpha value is -0.730. The highest BCUT2D eigenvalue weighted by Gasteiger charge is 2.22. The monoisotopic (exact) mass is 266 g/mol. The van der Waals surface area contributed by atoms with Crippen molar-refractivity contribution in [1.82, 2.24) is 0 Å². The van der Waals surface area contributed by atoms with Gasteiger partial charge >= 0.3 is 0 Å². The van der Waals surface area contributed by atoms with E-state index >= 15 is 0 Å². The van der Waals surface area contributed by atoms with Crippen LogP contribution in [0.4, 0.5) is 5.69 Å². The third-order valence-corrected chi connectivity index (χ3v) is 4.24. The van der Waals surface area contributed by atoms with Crippen LogP contribution in [0, 0.1) is 0 Å². The summed E-state index contributed by atoms with van der Waals surface area (Å²) < 4.78 is 0. The number of halogens is 1. The molecule has 1 aliphatic carbocycles. The number of hydrogen-bond donors (Lipinski definition) is 1. The molecule has 18 heavy (non-hydrogen) atoms. The van der Waals surface area contributed by atoms with E-state index < -0.39 is 0 Å². The predicted molar refractivity (Wildman–Crippen MR) is 79.3 cm³/mol. The van der Waals surface area contributed by atoms with Crippen molar-refractivity contribution in [3.8, 4) is 0 Å². The molecule has 1 fully saturated rings. The van der Waals surface area contributed by atoms with Crippen molar-refractivity contribution in [3.05, 3.63) is 28.8 Å². The van der Waals surface area contributed by atoms with E-state index in [0.717, 1.165) is 17.1 Å². The standard InChI is InChI=1S/C15H23ClN2/c1-3-18(12-6-4-5-7-12)13-8-9-14(11(2)17)15(16)10-13/h8-12H,3-7,17H2,1-2H3. The van der Waals surface area contributed by atoms with Crippen molar-refractivity contribution >= 4 is 17.3 Å². The van der Waals surface area contributed by atoms with Crippen molar-refractivity contribution in [1.29, 1.82) is 0 Å². The Balaban J connectivity index is 2.23. The van der Waals surface area contributed by atoms with Gasteiger partial charge in [-0.1, -0.05) is 30.5 Å². The first kappa shape index (κ1) is 13.7. The van der Waals surface area contributed by atoms with E-state index in [1.165, 1.54) is 31.4 Å². The molecule has 0 saturated heterocycles. The lowest BCUT2D eigenvalue weighted by atomic mass is 10.1. The molecule has 0 amide bonds. The number of nitrogens with zero attached hydrogens (tertiary/aromatic N) is 1. The molecule has 2 N–H and O–H groups in total. The van der Waals surface area contributed by atoms with E-state index in [2.05, 4.69) is 30.0 Å². The van der Waals surface area contributed by atoms with Gasteiger partial charge in [-0.15, -0.1) is 0 Å². The fourth-order valence-electron chi connectivity index (χ4n) is 2.93. The molecule has 3 heteroatoms. The van der Waals surface area contributed by atoms with E-state index in [-0.39, 0.29) is 6.04 Å². The van der Waals surface area contributed by atoms with Crippen LogP contribution >= 0.6 is 11.6 Å². The lowest BCUT2D eigenvalue weighted by molar-refractivity contribution is 0.620. The molecule has 2 nitrogen and oxygen atoms in total. The lowest BCUT2D eigenvalue weighted by Crippen LogP contribution is -2.32. The van der Waals surface area contributed by atoms with E-state index in [0.29, 0.717) is 6.04 Å². The Morgan fingerprint density at radius 1 is 1.39 bits per heavy atom. The minimum absolute atomic E-state index is 0.00638.